The van der Waals surface area contributed by atoms with Gasteiger partial charge in [-0.3, -0.25) is 10.3 Å². The normalized spacial score (nSPS) is 17.9. The van der Waals surface area contributed by atoms with E-state index in [0.717, 1.165) is 39.0 Å². The maximum absolute atomic E-state index is 6.56. The molecule has 7 rings (SSSR count). The molecular formula is C30H21ClN4O. The van der Waals surface area contributed by atoms with Crippen LogP contribution in [0.2, 0.25) is 5.02 Å². The van der Waals surface area contributed by atoms with Crippen LogP contribution in [-0.2, 0) is 0 Å². The topological polar surface area (TPSA) is 62.5 Å². The van der Waals surface area contributed by atoms with Crippen molar-refractivity contribution in [2.45, 2.75) is 12.3 Å². The summed E-state index contributed by atoms with van der Waals surface area (Å²) in [6.07, 6.45) is 1.35. The van der Waals surface area contributed by atoms with Crippen LogP contribution in [0, 0.1) is 0 Å². The molecule has 36 heavy (non-hydrogen) atoms. The summed E-state index contributed by atoms with van der Waals surface area (Å²) in [6, 6.07) is 32.7. The van der Waals surface area contributed by atoms with E-state index in [1.165, 1.54) is 10.8 Å². The Bertz CT molecular complexity index is 1780. The number of pyridine rings is 1. The maximum atomic E-state index is 6.56. The lowest BCUT2D eigenvalue weighted by molar-refractivity contribution is 0.409. The summed E-state index contributed by atoms with van der Waals surface area (Å²) in [5.41, 5.74) is 5.26. The lowest BCUT2D eigenvalue weighted by Gasteiger charge is -2.32. The largest absolute Gasteiger partial charge is 0.454 e. The molecule has 1 aliphatic rings. The summed E-state index contributed by atoms with van der Waals surface area (Å²) < 4.78 is 6.09. The molecule has 3 heterocycles. The minimum Gasteiger partial charge on any atom is -0.454 e. The summed E-state index contributed by atoms with van der Waals surface area (Å²) in [5, 5.41) is 11.1. The SMILES string of the molecule is Clc1cc(C2=NC(c3ccc4ccccc4c3)NC(c3ccccc3)N2)c2c(c1)oc1cccnc12. The van der Waals surface area contributed by atoms with Crippen molar-refractivity contribution in [1.82, 2.24) is 15.6 Å². The molecule has 0 saturated carbocycles. The number of aliphatic imine (C=N–C) groups is 1. The van der Waals surface area contributed by atoms with Gasteiger partial charge in [-0.05, 0) is 46.2 Å². The van der Waals surface area contributed by atoms with E-state index in [4.69, 9.17) is 21.0 Å². The molecule has 0 aliphatic carbocycles. The summed E-state index contributed by atoms with van der Waals surface area (Å²) in [7, 11) is 0. The second-order valence-corrected chi connectivity index (χ2v) is 9.36. The Morgan fingerprint density at radius 1 is 0.750 bits per heavy atom. The van der Waals surface area contributed by atoms with Gasteiger partial charge >= 0.3 is 0 Å². The van der Waals surface area contributed by atoms with E-state index in [-0.39, 0.29) is 12.3 Å². The van der Waals surface area contributed by atoms with E-state index < -0.39 is 0 Å². The highest BCUT2D eigenvalue weighted by Gasteiger charge is 2.27. The number of halogens is 1. The lowest BCUT2D eigenvalue weighted by Crippen LogP contribution is -2.45. The van der Waals surface area contributed by atoms with Gasteiger partial charge in [0, 0.05) is 22.8 Å². The molecule has 2 N–H and O–H groups in total. The Labute approximate surface area is 212 Å². The van der Waals surface area contributed by atoms with E-state index in [0.29, 0.717) is 10.6 Å². The van der Waals surface area contributed by atoms with Gasteiger partial charge in [-0.1, -0.05) is 78.3 Å². The zero-order valence-corrected chi connectivity index (χ0v) is 19.9. The maximum Gasteiger partial charge on any atom is 0.153 e. The van der Waals surface area contributed by atoms with Crippen molar-refractivity contribution < 1.29 is 4.42 Å². The quantitative estimate of drug-likeness (QED) is 0.278. The van der Waals surface area contributed by atoms with Crippen molar-refractivity contribution >= 4 is 50.3 Å². The van der Waals surface area contributed by atoms with Crippen molar-refractivity contribution in [2.75, 3.05) is 0 Å². The molecule has 0 bridgehead atoms. The molecular weight excluding hydrogens is 468 g/mol. The van der Waals surface area contributed by atoms with Crippen LogP contribution in [0.15, 0.2) is 113 Å². The first kappa shape index (κ1) is 21.1. The fraction of sp³-hybridized carbons (Fsp3) is 0.0667. The highest BCUT2D eigenvalue weighted by Crippen LogP contribution is 2.35. The number of nitrogens with zero attached hydrogens (tertiary/aromatic N) is 2. The van der Waals surface area contributed by atoms with Gasteiger partial charge in [0.2, 0.25) is 0 Å². The fourth-order valence-electron chi connectivity index (χ4n) is 4.93. The number of aromatic nitrogens is 1. The van der Waals surface area contributed by atoms with Crippen molar-refractivity contribution in [2.24, 2.45) is 4.99 Å². The van der Waals surface area contributed by atoms with Gasteiger partial charge < -0.3 is 9.73 Å². The molecule has 0 saturated heterocycles. The first-order valence-corrected chi connectivity index (χ1v) is 12.2. The number of hydrogen-bond acceptors (Lipinski definition) is 5. The highest BCUT2D eigenvalue weighted by molar-refractivity contribution is 6.32. The molecule has 6 heteroatoms. The van der Waals surface area contributed by atoms with Crippen LogP contribution >= 0.6 is 11.6 Å². The average Bonchev–Trinajstić information content (AvgIpc) is 3.30. The Balaban J connectivity index is 1.43. The second kappa shape index (κ2) is 8.48. The van der Waals surface area contributed by atoms with Crippen LogP contribution in [0.1, 0.15) is 29.0 Å². The second-order valence-electron chi connectivity index (χ2n) is 8.92. The predicted octanol–water partition coefficient (Wildman–Crippen LogP) is 7.12. The third-order valence-corrected chi connectivity index (χ3v) is 6.85. The zero-order valence-electron chi connectivity index (χ0n) is 19.2. The fourth-order valence-corrected chi connectivity index (χ4v) is 5.14. The molecule has 2 unspecified atom stereocenters. The number of fused-ring (bicyclic) bond motifs is 4. The van der Waals surface area contributed by atoms with Crippen LogP contribution in [0.3, 0.4) is 0 Å². The van der Waals surface area contributed by atoms with Crippen molar-refractivity contribution in [3.8, 4) is 0 Å². The highest BCUT2D eigenvalue weighted by atomic mass is 35.5. The molecule has 2 aromatic heterocycles. The van der Waals surface area contributed by atoms with Crippen LogP contribution < -0.4 is 10.6 Å². The smallest absolute Gasteiger partial charge is 0.153 e. The minimum atomic E-state index is -0.267. The van der Waals surface area contributed by atoms with E-state index in [1.54, 1.807) is 6.20 Å². The molecule has 0 spiro atoms. The van der Waals surface area contributed by atoms with E-state index in [2.05, 4.69) is 70.2 Å². The third kappa shape index (κ3) is 3.61. The van der Waals surface area contributed by atoms with Crippen LogP contribution in [0.4, 0.5) is 0 Å². The van der Waals surface area contributed by atoms with Crippen molar-refractivity contribution in [1.29, 1.82) is 0 Å². The third-order valence-electron chi connectivity index (χ3n) is 6.64. The number of amidine groups is 1. The zero-order chi connectivity index (χ0) is 24.1. The van der Waals surface area contributed by atoms with Gasteiger partial charge in [0.15, 0.2) is 5.58 Å². The molecule has 0 radical (unpaired) electrons. The Morgan fingerprint density at radius 2 is 1.58 bits per heavy atom. The van der Waals surface area contributed by atoms with Gasteiger partial charge in [0.25, 0.3) is 0 Å². The Kier molecular flexibility index (Phi) is 4.98. The molecule has 2 atom stereocenters. The van der Waals surface area contributed by atoms with Gasteiger partial charge in [-0.2, -0.15) is 0 Å². The summed E-state index contributed by atoms with van der Waals surface area (Å²) in [4.78, 5) is 9.76. The molecule has 4 aromatic carbocycles. The average molecular weight is 489 g/mol. The Morgan fingerprint density at radius 3 is 2.47 bits per heavy atom. The van der Waals surface area contributed by atoms with Crippen molar-refractivity contribution in [3.63, 3.8) is 0 Å². The van der Waals surface area contributed by atoms with E-state index in [1.807, 2.05) is 42.5 Å². The van der Waals surface area contributed by atoms with Gasteiger partial charge in [0.05, 0.1) is 5.39 Å². The van der Waals surface area contributed by atoms with E-state index >= 15 is 0 Å². The molecule has 6 aromatic rings. The molecule has 174 valence electrons. The lowest BCUT2D eigenvalue weighted by atomic mass is 10.0. The predicted molar refractivity (Wildman–Crippen MR) is 145 cm³/mol. The minimum absolute atomic E-state index is 0.157. The van der Waals surface area contributed by atoms with Crippen molar-refractivity contribution in [3.05, 3.63) is 125 Å². The van der Waals surface area contributed by atoms with Crippen LogP contribution in [-0.4, -0.2) is 10.8 Å². The number of rotatable bonds is 3. The molecule has 1 aliphatic heterocycles. The van der Waals surface area contributed by atoms with E-state index in [9.17, 15) is 0 Å². The number of furan rings is 1. The summed E-state index contributed by atoms with van der Waals surface area (Å²) >= 11 is 6.56. The number of hydrogen-bond donors (Lipinski definition) is 2. The van der Waals surface area contributed by atoms with Gasteiger partial charge in [-0.15, -0.1) is 0 Å². The van der Waals surface area contributed by atoms with Crippen LogP contribution in [0.25, 0.3) is 32.8 Å². The number of nitrogens with one attached hydrogen (secondary N) is 2. The first-order valence-electron chi connectivity index (χ1n) is 11.8. The number of benzene rings is 4. The molecule has 0 amide bonds. The molecule has 0 fully saturated rings. The van der Waals surface area contributed by atoms with Crippen LogP contribution in [0.5, 0.6) is 0 Å². The standard InChI is InChI=1S/C30H21ClN4O/c31-22-16-23(26-25(17-22)36-24-11-6-14-32-27(24)26)30-34-28(19-8-2-1-3-9-19)33-29(35-30)21-13-12-18-7-4-5-10-20(18)15-21/h1-17,28-29,33H,(H,34,35). The summed E-state index contributed by atoms with van der Waals surface area (Å²) in [5.74, 6) is 0.738. The first-order chi connectivity index (χ1) is 17.7. The molecule has 5 nitrogen and oxygen atoms in total. The van der Waals surface area contributed by atoms with Gasteiger partial charge in [-0.25, -0.2) is 4.99 Å². The monoisotopic (exact) mass is 488 g/mol. The van der Waals surface area contributed by atoms with Gasteiger partial charge in [0.1, 0.15) is 29.3 Å². The Hall–Kier alpha value is -4.19. The summed E-state index contributed by atoms with van der Waals surface area (Å²) in [6.45, 7) is 0.